The Bertz CT molecular complexity index is 975. The molecule has 0 saturated heterocycles. The highest BCUT2D eigenvalue weighted by molar-refractivity contribution is 9.10. The maximum atomic E-state index is 12.1. The first kappa shape index (κ1) is 19.7. The predicted molar refractivity (Wildman–Crippen MR) is 112 cm³/mol. The van der Waals surface area contributed by atoms with Crippen molar-refractivity contribution in [2.45, 2.75) is 13.5 Å². The molecule has 0 aliphatic carbocycles. The highest BCUT2D eigenvalue weighted by Gasteiger charge is 2.23. The van der Waals surface area contributed by atoms with Gasteiger partial charge >= 0.3 is 0 Å². The number of ether oxygens (including phenoxy) is 1. The SMILES string of the molecule is CC(=O)NC1=NC(=O)/C(=C\c2cc(Br)ccc2OCc2cccc(Cl)c2)S1. The van der Waals surface area contributed by atoms with E-state index in [4.69, 9.17) is 16.3 Å². The van der Waals surface area contributed by atoms with Crippen LogP contribution in [0.3, 0.4) is 0 Å². The molecule has 2 aromatic rings. The number of carbonyl (C=O) groups excluding carboxylic acids is 2. The maximum Gasteiger partial charge on any atom is 0.286 e. The van der Waals surface area contributed by atoms with E-state index in [1.165, 1.54) is 6.92 Å². The van der Waals surface area contributed by atoms with Crippen molar-refractivity contribution in [2.24, 2.45) is 4.99 Å². The third-order valence-electron chi connectivity index (χ3n) is 3.45. The summed E-state index contributed by atoms with van der Waals surface area (Å²) in [6, 6.07) is 13.0. The Balaban J connectivity index is 1.80. The van der Waals surface area contributed by atoms with Crippen molar-refractivity contribution in [1.29, 1.82) is 0 Å². The molecule has 3 rings (SSSR count). The zero-order chi connectivity index (χ0) is 19.4. The molecule has 5 nitrogen and oxygen atoms in total. The molecule has 0 unspecified atom stereocenters. The predicted octanol–water partition coefficient (Wildman–Crippen LogP) is 4.79. The van der Waals surface area contributed by atoms with Crippen LogP contribution in [0.4, 0.5) is 0 Å². The van der Waals surface area contributed by atoms with E-state index in [-0.39, 0.29) is 11.1 Å². The lowest BCUT2D eigenvalue weighted by Gasteiger charge is -2.10. The van der Waals surface area contributed by atoms with Gasteiger partial charge in [-0.3, -0.25) is 9.59 Å². The van der Waals surface area contributed by atoms with Gasteiger partial charge < -0.3 is 10.1 Å². The first-order valence-electron chi connectivity index (χ1n) is 7.87. The van der Waals surface area contributed by atoms with Crippen LogP contribution in [0.1, 0.15) is 18.1 Å². The van der Waals surface area contributed by atoms with Crippen LogP contribution in [0.25, 0.3) is 6.08 Å². The van der Waals surface area contributed by atoms with Gasteiger partial charge in [-0.1, -0.05) is 39.7 Å². The molecular formula is C19H14BrClN2O3S. The molecule has 27 heavy (non-hydrogen) atoms. The van der Waals surface area contributed by atoms with Crippen LogP contribution >= 0.6 is 39.3 Å². The second kappa shape index (κ2) is 8.73. The number of nitrogens with one attached hydrogen (secondary N) is 1. The summed E-state index contributed by atoms with van der Waals surface area (Å²) >= 11 is 10.5. The summed E-state index contributed by atoms with van der Waals surface area (Å²) in [6.07, 6.45) is 1.70. The number of carbonyl (C=O) groups is 2. The number of nitrogens with zero attached hydrogens (tertiary/aromatic N) is 1. The van der Waals surface area contributed by atoms with Crippen molar-refractivity contribution >= 4 is 62.4 Å². The molecule has 1 aliphatic heterocycles. The molecule has 1 heterocycles. The average molecular weight is 466 g/mol. The van der Waals surface area contributed by atoms with Crippen LogP contribution in [-0.4, -0.2) is 17.0 Å². The van der Waals surface area contributed by atoms with Gasteiger partial charge in [0.15, 0.2) is 5.17 Å². The number of amides is 2. The standard InChI is InChI=1S/C19H14BrClN2O3S/c1-11(24)22-19-23-18(25)17(27-19)9-13-8-14(20)5-6-16(13)26-10-12-3-2-4-15(21)7-12/h2-9H,10H2,1H3,(H,22,23,24,25)/b17-9+. The van der Waals surface area contributed by atoms with Crippen LogP contribution in [0, 0.1) is 0 Å². The number of hydrogen-bond donors (Lipinski definition) is 1. The Kier molecular flexibility index (Phi) is 6.36. The van der Waals surface area contributed by atoms with Crippen molar-refractivity contribution in [3.63, 3.8) is 0 Å². The number of hydrogen-bond acceptors (Lipinski definition) is 4. The second-order valence-corrected chi connectivity index (χ2v) is 8.00. The van der Waals surface area contributed by atoms with Gasteiger partial charge in [-0.25, -0.2) is 0 Å². The fourth-order valence-electron chi connectivity index (χ4n) is 2.31. The van der Waals surface area contributed by atoms with Crippen LogP contribution in [-0.2, 0) is 16.2 Å². The summed E-state index contributed by atoms with van der Waals surface area (Å²) in [6.45, 7) is 1.71. The van der Waals surface area contributed by atoms with Gasteiger partial charge in [0.1, 0.15) is 12.4 Å². The minimum Gasteiger partial charge on any atom is -0.488 e. The molecule has 0 radical (unpaired) electrons. The van der Waals surface area contributed by atoms with Crippen molar-refractivity contribution in [1.82, 2.24) is 5.32 Å². The fourth-order valence-corrected chi connectivity index (χ4v) is 3.75. The van der Waals surface area contributed by atoms with Crippen LogP contribution in [0.5, 0.6) is 5.75 Å². The first-order chi connectivity index (χ1) is 12.9. The van der Waals surface area contributed by atoms with Gasteiger partial charge in [0, 0.05) is 22.0 Å². The van der Waals surface area contributed by atoms with E-state index in [1.54, 1.807) is 12.1 Å². The van der Waals surface area contributed by atoms with E-state index in [2.05, 4.69) is 26.2 Å². The lowest BCUT2D eigenvalue weighted by atomic mass is 10.2. The molecule has 0 saturated carbocycles. The highest BCUT2D eigenvalue weighted by Crippen LogP contribution is 2.32. The van der Waals surface area contributed by atoms with Crippen molar-refractivity contribution in [2.75, 3.05) is 0 Å². The van der Waals surface area contributed by atoms with Crippen LogP contribution < -0.4 is 10.1 Å². The Labute approximate surface area is 174 Å². The molecule has 0 atom stereocenters. The minimum atomic E-state index is -0.399. The maximum absolute atomic E-state index is 12.1. The van der Waals surface area contributed by atoms with Gasteiger partial charge in [-0.05, 0) is 53.7 Å². The van der Waals surface area contributed by atoms with Crippen molar-refractivity contribution in [3.8, 4) is 5.75 Å². The normalized spacial score (nSPS) is 15.0. The lowest BCUT2D eigenvalue weighted by molar-refractivity contribution is -0.117. The minimum absolute atomic E-state index is 0.273. The molecule has 1 N–H and O–H groups in total. The summed E-state index contributed by atoms with van der Waals surface area (Å²) in [5, 5.41) is 3.44. The molecule has 0 bridgehead atoms. The number of aliphatic imine (C=N–C) groups is 1. The summed E-state index contributed by atoms with van der Waals surface area (Å²) < 4.78 is 6.77. The summed E-state index contributed by atoms with van der Waals surface area (Å²) in [5.41, 5.74) is 1.66. The quantitative estimate of drug-likeness (QED) is 0.659. The van der Waals surface area contributed by atoms with Crippen LogP contribution in [0.15, 0.2) is 56.8 Å². The number of benzene rings is 2. The van der Waals surface area contributed by atoms with E-state index in [9.17, 15) is 9.59 Å². The van der Waals surface area contributed by atoms with E-state index in [1.807, 2.05) is 36.4 Å². The molecule has 8 heteroatoms. The van der Waals surface area contributed by atoms with Gasteiger partial charge in [-0.2, -0.15) is 4.99 Å². The summed E-state index contributed by atoms with van der Waals surface area (Å²) in [5.74, 6) is -0.0557. The van der Waals surface area contributed by atoms with E-state index < -0.39 is 5.91 Å². The first-order valence-corrected chi connectivity index (χ1v) is 9.86. The molecular weight excluding hydrogens is 452 g/mol. The smallest absolute Gasteiger partial charge is 0.286 e. The third kappa shape index (κ3) is 5.45. The Morgan fingerprint density at radius 3 is 2.89 bits per heavy atom. The zero-order valence-electron chi connectivity index (χ0n) is 14.2. The molecule has 2 amide bonds. The van der Waals surface area contributed by atoms with Gasteiger partial charge in [0.2, 0.25) is 5.91 Å². The molecule has 0 aromatic heterocycles. The van der Waals surface area contributed by atoms with Gasteiger partial charge in [0.05, 0.1) is 4.91 Å². The van der Waals surface area contributed by atoms with Crippen molar-refractivity contribution in [3.05, 3.63) is 68.0 Å². The molecule has 0 spiro atoms. The zero-order valence-corrected chi connectivity index (χ0v) is 17.3. The largest absolute Gasteiger partial charge is 0.488 e. The average Bonchev–Trinajstić information content (AvgIpc) is 2.92. The Morgan fingerprint density at radius 1 is 1.33 bits per heavy atom. The topological polar surface area (TPSA) is 67.8 Å². The summed E-state index contributed by atoms with van der Waals surface area (Å²) in [7, 11) is 0. The number of thioether (sulfide) groups is 1. The highest BCUT2D eigenvalue weighted by atomic mass is 79.9. The Hall–Kier alpha value is -2.09. The number of amidine groups is 1. The number of halogens is 2. The Morgan fingerprint density at radius 2 is 2.15 bits per heavy atom. The molecule has 2 aromatic carbocycles. The van der Waals surface area contributed by atoms with Gasteiger partial charge in [-0.15, -0.1) is 0 Å². The van der Waals surface area contributed by atoms with E-state index >= 15 is 0 Å². The summed E-state index contributed by atoms with van der Waals surface area (Å²) in [4.78, 5) is 27.5. The fraction of sp³-hybridized carbons (Fsp3) is 0.105. The lowest BCUT2D eigenvalue weighted by Crippen LogP contribution is -2.23. The van der Waals surface area contributed by atoms with E-state index in [0.717, 1.165) is 27.4 Å². The second-order valence-electron chi connectivity index (χ2n) is 5.61. The van der Waals surface area contributed by atoms with Gasteiger partial charge in [0.25, 0.3) is 5.91 Å². The molecule has 1 aliphatic rings. The van der Waals surface area contributed by atoms with Crippen molar-refractivity contribution < 1.29 is 14.3 Å². The molecule has 138 valence electrons. The molecule has 0 fully saturated rings. The third-order valence-corrected chi connectivity index (χ3v) is 5.07. The monoisotopic (exact) mass is 464 g/mol. The number of rotatable bonds is 4. The van der Waals surface area contributed by atoms with Crippen LogP contribution in [0.2, 0.25) is 5.02 Å². The van der Waals surface area contributed by atoms with E-state index in [0.29, 0.717) is 22.3 Å².